The lowest BCUT2D eigenvalue weighted by Crippen LogP contribution is -2.11. The highest BCUT2D eigenvalue weighted by molar-refractivity contribution is 5.11. The number of nitrogens with two attached hydrogens (primary N) is 1. The summed E-state index contributed by atoms with van der Waals surface area (Å²) in [6.07, 6.45) is 4.70. The first-order valence-corrected chi connectivity index (χ1v) is 5.31. The molecule has 0 saturated carbocycles. The first-order valence-electron chi connectivity index (χ1n) is 5.31. The van der Waals surface area contributed by atoms with Gasteiger partial charge in [0.25, 0.3) is 0 Å². The minimum atomic E-state index is 0.530. The Morgan fingerprint density at radius 1 is 1.67 bits per heavy atom. The van der Waals surface area contributed by atoms with E-state index in [9.17, 15) is 0 Å². The first kappa shape index (κ1) is 10.4. The molecular weight excluding hydrogens is 194 g/mol. The van der Waals surface area contributed by atoms with Crippen LogP contribution in [0.4, 0.5) is 0 Å². The molecule has 0 aliphatic carbocycles. The number of rotatable bonds is 5. The molecule has 0 aromatic carbocycles. The van der Waals surface area contributed by atoms with Gasteiger partial charge in [-0.1, -0.05) is 0 Å². The van der Waals surface area contributed by atoms with Gasteiger partial charge < -0.3 is 15.2 Å². The standard InChI is InChI=1S/C10H17N3O2/c11-2-3-13-6-10(5-12-13)15-8-9-1-4-14-7-9/h5-6,9H,1-4,7-8,11H2. The molecule has 0 spiro atoms. The molecular formula is C10H17N3O2. The number of hydrogen-bond donors (Lipinski definition) is 1. The van der Waals surface area contributed by atoms with Crippen LogP contribution in [0.5, 0.6) is 5.75 Å². The lowest BCUT2D eigenvalue weighted by Gasteiger charge is -2.07. The third-order valence-corrected chi connectivity index (χ3v) is 2.48. The van der Waals surface area contributed by atoms with E-state index in [1.54, 1.807) is 10.9 Å². The topological polar surface area (TPSA) is 62.3 Å². The summed E-state index contributed by atoms with van der Waals surface area (Å²) >= 11 is 0. The first-order chi connectivity index (χ1) is 7.38. The Balaban J connectivity index is 1.77. The lowest BCUT2D eigenvalue weighted by molar-refractivity contribution is 0.167. The molecule has 0 bridgehead atoms. The second-order valence-corrected chi connectivity index (χ2v) is 3.77. The summed E-state index contributed by atoms with van der Waals surface area (Å²) in [5.74, 6) is 1.35. The Labute approximate surface area is 89.2 Å². The molecule has 1 unspecified atom stereocenters. The Morgan fingerprint density at radius 3 is 3.33 bits per heavy atom. The molecule has 2 heterocycles. The average Bonchev–Trinajstić information content (AvgIpc) is 2.85. The molecule has 1 atom stereocenters. The van der Waals surface area contributed by atoms with Crippen LogP contribution in [0.25, 0.3) is 0 Å². The van der Waals surface area contributed by atoms with Crippen molar-refractivity contribution in [2.75, 3.05) is 26.4 Å². The maximum absolute atomic E-state index is 5.61. The zero-order valence-corrected chi connectivity index (χ0v) is 8.76. The van der Waals surface area contributed by atoms with Crippen molar-refractivity contribution in [1.82, 2.24) is 9.78 Å². The molecule has 0 amide bonds. The SMILES string of the molecule is NCCn1cc(OCC2CCOC2)cn1. The minimum absolute atomic E-state index is 0.530. The predicted octanol–water partition coefficient (Wildman–Crippen LogP) is 0.257. The molecule has 1 aromatic rings. The molecule has 5 nitrogen and oxygen atoms in total. The molecule has 5 heteroatoms. The van der Waals surface area contributed by atoms with Gasteiger partial charge in [-0.2, -0.15) is 5.10 Å². The summed E-state index contributed by atoms with van der Waals surface area (Å²) in [7, 11) is 0. The zero-order chi connectivity index (χ0) is 10.5. The molecule has 0 radical (unpaired) electrons. The lowest BCUT2D eigenvalue weighted by atomic mass is 10.1. The Bertz CT molecular complexity index is 295. The summed E-state index contributed by atoms with van der Waals surface area (Å²) in [5, 5.41) is 4.13. The summed E-state index contributed by atoms with van der Waals surface area (Å²) in [6, 6.07) is 0. The van der Waals surface area contributed by atoms with E-state index in [0.29, 0.717) is 19.1 Å². The summed E-state index contributed by atoms with van der Waals surface area (Å²) < 4.78 is 12.7. The smallest absolute Gasteiger partial charge is 0.157 e. The number of aromatic nitrogens is 2. The predicted molar refractivity (Wildman–Crippen MR) is 55.7 cm³/mol. The van der Waals surface area contributed by atoms with E-state index in [4.69, 9.17) is 15.2 Å². The minimum Gasteiger partial charge on any atom is -0.490 e. The largest absolute Gasteiger partial charge is 0.490 e. The van der Waals surface area contributed by atoms with Gasteiger partial charge in [-0.05, 0) is 6.42 Å². The van der Waals surface area contributed by atoms with Crippen molar-refractivity contribution in [3.63, 3.8) is 0 Å². The van der Waals surface area contributed by atoms with Crippen LogP contribution in [0.2, 0.25) is 0 Å². The van der Waals surface area contributed by atoms with Gasteiger partial charge >= 0.3 is 0 Å². The van der Waals surface area contributed by atoms with Crippen molar-refractivity contribution < 1.29 is 9.47 Å². The van der Waals surface area contributed by atoms with Crippen LogP contribution in [0.3, 0.4) is 0 Å². The normalized spacial score (nSPS) is 20.7. The second-order valence-electron chi connectivity index (χ2n) is 3.77. The fourth-order valence-corrected chi connectivity index (χ4v) is 1.60. The molecule has 1 saturated heterocycles. The van der Waals surface area contributed by atoms with E-state index >= 15 is 0 Å². The molecule has 2 rings (SSSR count). The van der Waals surface area contributed by atoms with Gasteiger partial charge in [0.05, 0.1) is 32.2 Å². The van der Waals surface area contributed by atoms with Crippen molar-refractivity contribution in [3.05, 3.63) is 12.4 Å². The van der Waals surface area contributed by atoms with Gasteiger partial charge in [0.2, 0.25) is 0 Å². The molecule has 84 valence electrons. The van der Waals surface area contributed by atoms with Crippen LogP contribution in [0.1, 0.15) is 6.42 Å². The van der Waals surface area contributed by atoms with Gasteiger partial charge in [0.1, 0.15) is 0 Å². The van der Waals surface area contributed by atoms with Gasteiger partial charge in [-0.25, -0.2) is 0 Å². The molecule has 1 aliphatic heterocycles. The quantitative estimate of drug-likeness (QED) is 0.758. The highest BCUT2D eigenvalue weighted by Gasteiger charge is 2.16. The van der Waals surface area contributed by atoms with Gasteiger partial charge in [-0.3, -0.25) is 4.68 Å². The van der Waals surface area contributed by atoms with Crippen molar-refractivity contribution in [2.45, 2.75) is 13.0 Å². The van der Waals surface area contributed by atoms with Crippen molar-refractivity contribution in [3.8, 4) is 5.75 Å². The zero-order valence-electron chi connectivity index (χ0n) is 8.76. The third-order valence-electron chi connectivity index (χ3n) is 2.48. The second kappa shape index (κ2) is 5.14. The van der Waals surface area contributed by atoms with Crippen LogP contribution in [-0.2, 0) is 11.3 Å². The van der Waals surface area contributed by atoms with Gasteiger partial charge in [0.15, 0.2) is 5.75 Å². The molecule has 2 N–H and O–H groups in total. The summed E-state index contributed by atoms with van der Waals surface area (Å²) in [6.45, 7) is 3.72. The van der Waals surface area contributed by atoms with Crippen LogP contribution in [0.15, 0.2) is 12.4 Å². The van der Waals surface area contributed by atoms with E-state index in [1.807, 2.05) is 6.20 Å². The van der Waals surface area contributed by atoms with E-state index in [0.717, 1.165) is 31.9 Å². The fraction of sp³-hybridized carbons (Fsp3) is 0.700. The monoisotopic (exact) mass is 211 g/mol. The summed E-state index contributed by atoms with van der Waals surface area (Å²) in [4.78, 5) is 0. The van der Waals surface area contributed by atoms with E-state index in [-0.39, 0.29) is 0 Å². The number of ether oxygens (including phenoxy) is 2. The summed E-state index contributed by atoms with van der Waals surface area (Å²) in [5.41, 5.74) is 5.43. The van der Waals surface area contributed by atoms with Gasteiger partial charge in [0, 0.05) is 19.1 Å². The van der Waals surface area contributed by atoms with Crippen LogP contribution >= 0.6 is 0 Å². The maximum atomic E-state index is 5.61. The Morgan fingerprint density at radius 2 is 2.60 bits per heavy atom. The van der Waals surface area contributed by atoms with Crippen molar-refractivity contribution in [1.29, 1.82) is 0 Å². The highest BCUT2D eigenvalue weighted by Crippen LogP contribution is 2.15. The van der Waals surface area contributed by atoms with E-state index in [1.165, 1.54) is 0 Å². The van der Waals surface area contributed by atoms with E-state index < -0.39 is 0 Å². The van der Waals surface area contributed by atoms with Crippen molar-refractivity contribution >= 4 is 0 Å². The fourth-order valence-electron chi connectivity index (χ4n) is 1.60. The molecule has 15 heavy (non-hydrogen) atoms. The van der Waals surface area contributed by atoms with Crippen LogP contribution in [0, 0.1) is 5.92 Å². The Kier molecular flexibility index (Phi) is 3.58. The van der Waals surface area contributed by atoms with Gasteiger partial charge in [-0.15, -0.1) is 0 Å². The van der Waals surface area contributed by atoms with E-state index in [2.05, 4.69) is 5.10 Å². The molecule has 1 fully saturated rings. The van der Waals surface area contributed by atoms with Crippen LogP contribution in [-0.4, -0.2) is 36.1 Å². The number of nitrogens with zero attached hydrogens (tertiary/aromatic N) is 2. The number of hydrogen-bond acceptors (Lipinski definition) is 4. The third kappa shape index (κ3) is 2.94. The Hall–Kier alpha value is -1.07. The maximum Gasteiger partial charge on any atom is 0.157 e. The average molecular weight is 211 g/mol. The highest BCUT2D eigenvalue weighted by atomic mass is 16.5. The van der Waals surface area contributed by atoms with Crippen molar-refractivity contribution in [2.24, 2.45) is 11.7 Å². The molecule has 1 aliphatic rings. The molecule has 1 aromatic heterocycles. The van der Waals surface area contributed by atoms with Crippen LogP contribution < -0.4 is 10.5 Å².